The zero-order chi connectivity index (χ0) is 10.8. The SMILES string of the molecule is O=Nc1ccc(N=O)c(S(=O)(=O)O)c1. The first kappa shape index (κ1) is 10.4. The molecular formula is C6H4N2O5S. The molecule has 0 spiro atoms. The van der Waals surface area contributed by atoms with Crippen LogP contribution in [-0.4, -0.2) is 13.0 Å². The Morgan fingerprint density at radius 2 is 1.79 bits per heavy atom. The van der Waals surface area contributed by atoms with E-state index in [-0.39, 0.29) is 5.69 Å². The van der Waals surface area contributed by atoms with Gasteiger partial charge >= 0.3 is 0 Å². The molecule has 74 valence electrons. The second-order valence-corrected chi connectivity index (χ2v) is 3.70. The van der Waals surface area contributed by atoms with Crippen LogP contribution >= 0.6 is 0 Å². The third-order valence-corrected chi connectivity index (χ3v) is 2.31. The molecule has 7 nitrogen and oxygen atoms in total. The van der Waals surface area contributed by atoms with E-state index in [0.29, 0.717) is 0 Å². The molecule has 0 unspecified atom stereocenters. The summed E-state index contributed by atoms with van der Waals surface area (Å²) < 4.78 is 30.0. The highest BCUT2D eigenvalue weighted by Gasteiger charge is 2.17. The molecule has 0 aromatic heterocycles. The lowest BCUT2D eigenvalue weighted by molar-refractivity contribution is 0.483. The van der Waals surface area contributed by atoms with Gasteiger partial charge in [-0.15, -0.1) is 9.81 Å². The van der Waals surface area contributed by atoms with Crippen LogP contribution in [0.15, 0.2) is 33.4 Å². The topological polar surface area (TPSA) is 113 Å². The van der Waals surface area contributed by atoms with Gasteiger partial charge in [-0.1, -0.05) is 0 Å². The highest BCUT2D eigenvalue weighted by atomic mass is 32.2. The summed E-state index contributed by atoms with van der Waals surface area (Å²) in [5.74, 6) is 0. The Hall–Kier alpha value is -1.67. The number of hydrogen-bond acceptors (Lipinski definition) is 6. The highest BCUT2D eigenvalue weighted by Crippen LogP contribution is 2.28. The van der Waals surface area contributed by atoms with Gasteiger partial charge in [0.25, 0.3) is 10.1 Å². The molecule has 1 aromatic carbocycles. The van der Waals surface area contributed by atoms with Crippen molar-refractivity contribution in [3.63, 3.8) is 0 Å². The molecule has 8 heteroatoms. The van der Waals surface area contributed by atoms with Crippen molar-refractivity contribution in [1.82, 2.24) is 0 Å². The number of rotatable bonds is 3. The summed E-state index contributed by atoms with van der Waals surface area (Å²) in [6.45, 7) is 0. The van der Waals surface area contributed by atoms with Crippen molar-refractivity contribution in [2.75, 3.05) is 0 Å². The van der Waals surface area contributed by atoms with Crippen molar-refractivity contribution in [3.05, 3.63) is 28.0 Å². The van der Waals surface area contributed by atoms with E-state index in [1.165, 1.54) is 0 Å². The summed E-state index contributed by atoms with van der Waals surface area (Å²) in [6.07, 6.45) is 0. The normalized spacial score (nSPS) is 10.9. The Kier molecular flexibility index (Phi) is 2.68. The molecule has 0 atom stereocenters. The zero-order valence-corrected chi connectivity index (χ0v) is 7.43. The number of hydrogen-bond donors (Lipinski definition) is 1. The first-order chi connectivity index (χ1) is 6.49. The minimum absolute atomic E-state index is 0.218. The first-order valence-electron chi connectivity index (χ1n) is 3.27. The van der Waals surface area contributed by atoms with Crippen molar-refractivity contribution in [3.8, 4) is 0 Å². The van der Waals surface area contributed by atoms with Gasteiger partial charge in [-0.25, -0.2) is 0 Å². The second-order valence-electron chi connectivity index (χ2n) is 2.31. The van der Waals surface area contributed by atoms with Crippen molar-refractivity contribution < 1.29 is 13.0 Å². The Morgan fingerprint density at radius 3 is 2.21 bits per heavy atom. The molecule has 0 amide bonds. The number of nitrogens with zero attached hydrogens (tertiary/aromatic N) is 2. The Morgan fingerprint density at radius 1 is 1.14 bits per heavy atom. The van der Waals surface area contributed by atoms with E-state index in [4.69, 9.17) is 4.55 Å². The minimum Gasteiger partial charge on any atom is -0.282 e. The van der Waals surface area contributed by atoms with Gasteiger partial charge in [0.05, 0.1) is 0 Å². The summed E-state index contributed by atoms with van der Waals surface area (Å²) in [7, 11) is -4.57. The molecule has 0 heterocycles. The van der Waals surface area contributed by atoms with Gasteiger partial charge in [0.2, 0.25) is 0 Å². The van der Waals surface area contributed by atoms with Gasteiger partial charge in [-0.2, -0.15) is 8.42 Å². The molecule has 1 N–H and O–H groups in total. The van der Waals surface area contributed by atoms with Crippen LogP contribution in [0.1, 0.15) is 0 Å². The number of nitroso groups, excluding NO2 is 2. The smallest absolute Gasteiger partial charge is 0.282 e. The minimum atomic E-state index is -4.57. The second kappa shape index (κ2) is 3.60. The van der Waals surface area contributed by atoms with Crippen molar-refractivity contribution in [2.45, 2.75) is 4.90 Å². The lowest BCUT2D eigenvalue weighted by Gasteiger charge is -1.99. The van der Waals surface area contributed by atoms with Gasteiger partial charge < -0.3 is 0 Å². The summed E-state index contributed by atoms with van der Waals surface area (Å²) in [5, 5.41) is 4.83. The summed E-state index contributed by atoms with van der Waals surface area (Å²) in [4.78, 5) is 19.5. The molecule has 0 aliphatic rings. The largest absolute Gasteiger partial charge is 0.296 e. The average Bonchev–Trinajstić information content (AvgIpc) is 2.15. The van der Waals surface area contributed by atoms with Crippen LogP contribution in [0.25, 0.3) is 0 Å². The van der Waals surface area contributed by atoms with Crippen molar-refractivity contribution in [1.29, 1.82) is 0 Å². The van der Waals surface area contributed by atoms with Gasteiger partial charge in [-0.05, 0) is 28.6 Å². The molecule has 0 saturated heterocycles. The third kappa shape index (κ3) is 1.98. The van der Waals surface area contributed by atoms with Gasteiger partial charge in [0.15, 0.2) is 0 Å². The molecule has 1 aromatic rings. The lowest BCUT2D eigenvalue weighted by atomic mass is 10.3. The average molecular weight is 216 g/mol. The number of benzene rings is 1. The van der Waals surface area contributed by atoms with Crippen LogP contribution in [0.4, 0.5) is 11.4 Å². The van der Waals surface area contributed by atoms with E-state index in [0.717, 1.165) is 18.2 Å². The summed E-state index contributed by atoms with van der Waals surface area (Å²) >= 11 is 0. The monoisotopic (exact) mass is 216 g/mol. The molecule has 14 heavy (non-hydrogen) atoms. The van der Waals surface area contributed by atoms with Crippen LogP contribution in [0.5, 0.6) is 0 Å². The Balaban J connectivity index is 3.52. The van der Waals surface area contributed by atoms with E-state index in [1.807, 2.05) is 0 Å². The lowest BCUT2D eigenvalue weighted by Crippen LogP contribution is -1.97. The van der Waals surface area contributed by atoms with Gasteiger partial charge in [0, 0.05) is 0 Å². The van der Waals surface area contributed by atoms with Crippen LogP contribution in [-0.2, 0) is 10.1 Å². The maximum absolute atomic E-state index is 10.7. The van der Waals surface area contributed by atoms with Gasteiger partial charge in [-0.3, -0.25) is 4.55 Å². The molecule has 1 rings (SSSR count). The fourth-order valence-electron chi connectivity index (χ4n) is 0.842. The molecule has 0 aliphatic heterocycles. The Bertz CT molecular complexity index is 481. The molecule has 0 saturated carbocycles. The van der Waals surface area contributed by atoms with Crippen molar-refractivity contribution >= 4 is 21.5 Å². The Labute approximate surface area is 78.4 Å². The maximum Gasteiger partial charge on any atom is 0.296 e. The molecule has 0 fully saturated rings. The summed E-state index contributed by atoms with van der Waals surface area (Å²) in [5.41, 5.74) is -0.690. The maximum atomic E-state index is 10.7. The van der Waals surface area contributed by atoms with Gasteiger partial charge in [0.1, 0.15) is 16.3 Å². The zero-order valence-electron chi connectivity index (χ0n) is 6.61. The molecule has 0 bridgehead atoms. The van der Waals surface area contributed by atoms with E-state index in [9.17, 15) is 18.2 Å². The van der Waals surface area contributed by atoms with E-state index >= 15 is 0 Å². The molecular weight excluding hydrogens is 212 g/mol. The van der Waals surface area contributed by atoms with Crippen LogP contribution in [0.3, 0.4) is 0 Å². The fourth-order valence-corrected chi connectivity index (χ4v) is 1.48. The highest BCUT2D eigenvalue weighted by molar-refractivity contribution is 7.86. The predicted octanol–water partition coefficient (Wildman–Crippen LogP) is 1.73. The van der Waals surface area contributed by atoms with Crippen LogP contribution < -0.4 is 0 Å². The molecule has 0 radical (unpaired) electrons. The summed E-state index contributed by atoms with van der Waals surface area (Å²) in [6, 6.07) is 2.85. The van der Waals surface area contributed by atoms with E-state index in [2.05, 4.69) is 10.4 Å². The van der Waals surface area contributed by atoms with E-state index in [1.54, 1.807) is 0 Å². The van der Waals surface area contributed by atoms with E-state index < -0.39 is 20.7 Å². The quantitative estimate of drug-likeness (QED) is 0.610. The fraction of sp³-hybridized carbons (Fsp3) is 0. The molecule has 0 aliphatic carbocycles. The standard InChI is InChI=1S/C6H4N2O5S/c9-7-4-1-2-5(8-10)6(3-4)14(11,12)13/h1-3H,(H,11,12,13). The predicted molar refractivity (Wildman–Crippen MR) is 47.2 cm³/mol. The van der Waals surface area contributed by atoms with Crippen LogP contribution in [0.2, 0.25) is 0 Å². The van der Waals surface area contributed by atoms with Crippen molar-refractivity contribution in [2.24, 2.45) is 10.4 Å². The van der Waals surface area contributed by atoms with Crippen LogP contribution in [0, 0.1) is 9.81 Å². The first-order valence-corrected chi connectivity index (χ1v) is 4.71. The third-order valence-electron chi connectivity index (χ3n) is 1.43.